The Labute approximate surface area is 118 Å². The molecule has 0 atom stereocenters. The van der Waals surface area contributed by atoms with Crippen molar-refractivity contribution in [1.29, 1.82) is 0 Å². The fraction of sp³-hybridized carbons (Fsp3) is 0.118. The van der Waals surface area contributed by atoms with Gasteiger partial charge < -0.3 is 5.73 Å². The molecule has 100 valence electrons. The van der Waals surface area contributed by atoms with Gasteiger partial charge in [0.25, 0.3) is 0 Å². The van der Waals surface area contributed by atoms with Crippen molar-refractivity contribution in [3.05, 3.63) is 60.2 Å². The molecule has 0 saturated heterocycles. The van der Waals surface area contributed by atoms with Crippen LogP contribution in [0.4, 0.5) is 5.82 Å². The Hall–Kier alpha value is -2.55. The number of nitrogens with zero attached hydrogens (tertiary/aromatic N) is 2. The zero-order valence-electron chi connectivity index (χ0n) is 11.7. The van der Waals surface area contributed by atoms with Crippen LogP contribution < -0.4 is 5.73 Å². The van der Waals surface area contributed by atoms with Gasteiger partial charge in [0, 0.05) is 18.7 Å². The molecule has 1 aromatic heterocycles. The number of nitrogens with two attached hydrogens (primary N) is 1. The van der Waals surface area contributed by atoms with E-state index >= 15 is 0 Å². The normalized spacial score (nSPS) is 10.7. The molecule has 2 N–H and O–H groups in total. The first-order valence-corrected chi connectivity index (χ1v) is 6.61. The second-order valence-electron chi connectivity index (χ2n) is 4.97. The van der Waals surface area contributed by atoms with Crippen LogP contribution in [0.15, 0.2) is 54.6 Å². The summed E-state index contributed by atoms with van der Waals surface area (Å²) in [5, 5.41) is 4.44. The number of rotatable bonds is 2. The van der Waals surface area contributed by atoms with Gasteiger partial charge in [-0.15, -0.1) is 0 Å². The van der Waals surface area contributed by atoms with Crippen molar-refractivity contribution < 1.29 is 0 Å². The molecule has 3 aromatic rings. The van der Waals surface area contributed by atoms with Gasteiger partial charge in [0.1, 0.15) is 5.82 Å². The topological polar surface area (TPSA) is 43.8 Å². The number of hydrogen-bond donors (Lipinski definition) is 1. The van der Waals surface area contributed by atoms with E-state index in [1.165, 1.54) is 16.7 Å². The second-order valence-corrected chi connectivity index (χ2v) is 4.97. The highest BCUT2D eigenvalue weighted by Crippen LogP contribution is 2.29. The molecule has 2 aromatic carbocycles. The van der Waals surface area contributed by atoms with Crippen LogP contribution in [-0.2, 0) is 7.05 Å². The molecule has 0 saturated carbocycles. The van der Waals surface area contributed by atoms with E-state index in [0.29, 0.717) is 5.82 Å². The van der Waals surface area contributed by atoms with Crippen LogP contribution in [0.3, 0.4) is 0 Å². The third-order valence-corrected chi connectivity index (χ3v) is 3.53. The largest absolute Gasteiger partial charge is 0.384 e. The molecular formula is C17H17N3. The zero-order chi connectivity index (χ0) is 14.1. The average molecular weight is 263 g/mol. The van der Waals surface area contributed by atoms with E-state index < -0.39 is 0 Å². The summed E-state index contributed by atoms with van der Waals surface area (Å²) in [6.07, 6.45) is 0. The van der Waals surface area contributed by atoms with Crippen molar-refractivity contribution in [3.63, 3.8) is 0 Å². The summed E-state index contributed by atoms with van der Waals surface area (Å²) in [4.78, 5) is 0. The van der Waals surface area contributed by atoms with Crippen molar-refractivity contribution in [3.8, 4) is 22.4 Å². The third-order valence-electron chi connectivity index (χ3n) is 3.53. The van der Waals surface area contributed by atoms with Crippen LogP contribution in [0.1, 0.15) is 5.56 Å². The van der Waals surface area contributed by atoms with Gasteiger partial charge in [-0.2, -0.15) is 5.10 Å². The van der Waals surface area contributed by atoms with Crippen LogP contribution in [-0.4, -0.2) is 9.78 Å². The Bertz CT molecular complexity index is 723. The van der Waals surface area contributed by atoms with E-state index in [1.807, 2.05) is 19.2 Å². The van der Waals surface area contributed by atoms with Crippen LogP contribution in [0.25, 0.3) is 22.4 Å². The minimum Gasteiger partial charge on any atom is -0.384 e. The fourth-order valence-electron chi connectivity index (χ4n) is 2.33. The first-order chi connectivity index (χ1) is 9.65. The summed E-state index contributed by atoms with van der Waals surface area (Å²) in [5.41, 5.74) is 11.5. The molecule has 3 heteroatoms. The van der Waals surface area contributed by atoms with Gasteiger partial charge in [0.05, 0.1) is 5.69 Å². The van der Waals surface area contributed by atoms with Crippen molar-refractivity contribution in [2.24, 2.45) is 7.05 Å². The lowest BCUT2D eigenvalue weighted by Gasteiger charge is -2.08. The molecule has 0 aliphatic carbocycles. The van der Waals surface area contributed by atoms with Crippen LogP contribution >= 0.6 is 0 Å². The highest BCUT2D eigenvalue weighted by atomic mass is 15.3. The molecular weight excluding hydrogens is 246 g/mol. The Morgan fingerprint density at radius 2 is 1.70 bits per heavy atom. The van der Waals surface area contributed by atoms with E-state index in [2.05, 4.69) is 54.5 Å². The number of benzene rings is 2. The lowest BCUT2D eigenvalue weighted by atomic mass is 9.97. The quantitative estimate of drug-likeness (QED) is 0.767. The van der Waals surface area contributed by atoms with Crippen LogP contribution in [0.5, 0.6) is 0 Å². The maximum atomic E-state index is 5.86. The smallest absolute Gasteiger partial charge is 0.121 e. The van der Waals surface area contributed by atoms with Gasteiger partial charge in [-0.25, -0.2) is 0 Å². The molecule has 3 rings (SSSR count). The second kappa shape index (κ2) is 4.85. The van der Waals surface area contributed by atoms with Crippen molar-refractivity contribution in [2.75, 3.05) is 5.73 Å². The predicted molar refractivity (Wildman–Crippen MR) is 83.2 cm³/mol. The van der Waals surface area contributed by atoms with E-state index in [-0.39, 0.29) is 0 Å². The summed E-state index contributed by atoms with van der Waals surface area (Å²) in [7, 11) is 1.85. The first-order valence-electron chi connectivity index (χ1n) is 6.61. The number of hydrogen-bond acceptors (Lipinski definition) is 2. The summed E-state index contributed by atoms with van der Waals surface area (Å²) in [5.74, 6) is 0.668. The van der Waals surface area contributed by atoms with Gasteiger partial charge in [-0.1, -0.05) is 42.5 Å². The lowest BCUT2D eigenvalue weighted by molar-refractivity contribution is 0.782. The summed E-state index contributed by atoms with van der Waals surface area (Å²) in [6, 6.07) is 18.7. The molecule has 0 fully saturated rings. The zero-order valence-corrected chi connectivity index (χ0v) is 11.7. The monoisotopic (exact) mass is 263 g/mol. The maximum Gasteiger partial charge on any atom is 0.121 e. The predicted octanol–water partition coefficient (Wildman–Crippen LogP) is 3.64. The number of anilines is 1. The molecule has 0 aliphatic heterocycles. The Morgan fingerprint density at radius 1 is 0.950 bits per heavy atom. The summed E-state index contributed by atoms with van der Waals surface area (Å²) >= 11 is 0. The molecule has 0 amide bonds. The van der Waals surface area contributed by atoms with Crippen molar-refractivity contribution in [1.82, 2.24) is 9.78 Å². The molecule has 20 heavy (non-hydrogen) atoms. The van der Waals surface area contributed by atoms with Gasteiger partial charge in [0.15, 0.2) is 0 Å². The lowest BCUT2D eigenvalue weighted by Crippen LogP contribution is -1.96. The minimum atomic E-state index is 0.668. The van der Waals surface area contributed by atoms with Crippen LogP contribution in [0, 0.1) is 6.92 Å². The van der Waals surface area contributed by atoms with E-state index in [4.69, 9.17) is 5.73 Å². The summed E-state index contributed by atoms with van der Waals surface area (Å²) < 4.78 is 1.69. The number of nitrogen functional groups attached to an aromatic ring is 1. The van der Waals surface area contributed by atoms with Gasteiger partial charge in [-0.05, 0) is 29.7 Å². The van der Waals surface area contributed by atoms with Crippen molar-refractivity contribution >= 4 is 5.82 Å². The van der Waals surface area contributed by atoms with Crippen LogP contribution in [0.2, 0.25) is 0 Å². The molecule has 1 heterocycles. The third kappa shape index (κ3) is 2.18. The Morgan fingerprint density at radius 3 is 2.35 bits per heavy atom. The van der Waals surface area contributed by atoms with E-state index in [1.54, 1.807) is 4.68 Å². The van der Waals surface area contributed by atoms with E-state index in [0.717, 1.165) is 11.3 Å². The van der Waals surface area contributed by atoms with Gasteiger partial charge in [0.2, 0.25) is 0 Å². The SMILES string of the molecule is Cc1ccc(-c2cc(N)n(C)n2)cc1-c1ccccc1. The standard InChI is InChI=1S/C17H17N3/c1-12-8-9-14(16-11-17(18)20(2)19-16)10-15(12)13-6-4-3-5-7-13/h3-11H,18H2,1-2H3. The molecule has 0 aliphatic rings. The molecule has 0 spiro atoms. The number of aryl methyl sites for hydroxylation is 2. The highest BCUT2D eigenvalue weighted by molar-refractivity contribution is 5.74. The molecule has 0 radical (unpaired) electrons. The summed E-state index contributed by atoms with van der Waals surface area (Å²) in [6.45, 7) is 2.12. The van der Waals surface area contributed by atoms with Gasteiger partial charge >= 0.3 is 0 Å². The number of aromatic nitrogens is 2. The molecule has 3 nitrogen and oxygen atoms in total. The molecule has 0 unspecified atom stereocenters. The Balaban J connectivity index is 2.11. The highest BCUT2D eigenvalue weighted by Gasteiger charge is 2.08. The first kappa shape index (κ1) is 12.5. The van der Waals surface area contributed by atoms with E-state index in [9.17, 15) is 0 Å². The fourth-order valence-corrected chi connectivity index (χ4v) is 2.33. The Kier molecular flexibility index (Phi) is 3.03. The average Bonchev–Trinajstić information content (AvgIpc) is 2.80. The maximum absolute atomic E-state index is 5.86. The minimum absolute atomic E-state index is 0.668. The van der Waals surface area contributed by atoms with Gasteiger partial charge in [-0.3, -0.25) is 4.68 Å². The molecule has 0 bridgehead atoms. The van der Waals surface area contributed by atoms with Crippen molar-refractivity contribution in [2.45, 2.75) is 6.92 Å².